The molecular weight excluding hydrogens is 256 g/mol. The van der Waals surface area contributed by atoms with E-state index in [1.165, 1.54) is 29.5 Å². The van der Waals surface area contributed by atoms with E-state index in [0.29, 0.717) is 5.92 Å². The smallest absolute Gasteiger partial charge is 0.373 e. The third kappa shape index (κ3) is 1.82. The first-order chi connectivity index (χ1) is 9.25. The molecule has 0 radical (unpaired) electrons. The molecule has 0 bridgehead atoms. The number of hydrogen-bond donors (Lipinski definition) is 0. The quantitative estimate of drug-likeness (QED) is 0.791. The summed E-state index contributed by atoms with van der Waals surface area (Å²) in [5, 5.41) is 1.13. The fourth-order valence-corrected chi connectivity index (χ4v) is 5.57. The van der Waals surface area contributed by atoms with Crippen LogP contribution in [0.15, 0.2) is 24.3 Å². The van der Waals surface area contributed by atoms with Gasteiger partial charge in [-0.15, -0.1) is 0 Å². The van der Waals surface area contributed by atoms with E-state index in [9.17, 15) is 0 Å². The van der Waals surface area contributed by atoms with Gasteiger partial charge in [0.15, 0.2) is 0 Å². The van der Waals surface area contributed by atoms with Crippen LogP contribution >= 0.6 is 0 Å². The minimum atomic E-state index is -2.73. The highest BCUT2D eigenvalue weighted by molar-refractivity contribution is 6.81. The van der Waals surface area contributed by atoms with Crippen molar-refractivity contribution >= 4 is 14.0 Å². The maximum Gasteiger partial charge on any atom is 0.536 e. The van der Waals surface area contributed by atoms with Crippen LogP contribution in [0.2, 0.25) is 0 Å². The molecule has 3 rings (SSSR count). The van der Waals surface area contributed by atoms with Crippen LogP contribution in [0.4, 0.5) is 0 Å². The van der Waals surface area contributed by atoms with Crippen molar-refractivity contribution in [3.63, 3.8) is 0 Å². The van der Waals surface area contributed by atoms with E-state index in [4.69, 9.17) is 13.3 Å². The first kappa shape index (κ1) is 13.1. The standard InChI is InChI=1S/C15H20O3Si/c1-16-19(17-2,18-3)14-10-9-12-8-7-11-5-4-6-13(14)15(11)12/h4-6,10,12H,7-9H2,1-3H3. The predicted molar refractivity (Wildman–Crippen MR) is 76.9 cm³/mol. The molecule has 0 aromatic heterocycles. The maximum absolute atomic E-state index is 5.65. The Morgan fingerprint density at radius 1 is 1.11 bits per heavy atom. The third-order valence-electron chi connectivity index (χ3n) is 4.40. The molecule has 1 atom stereocenters. The summed E-state index contributed by atoms with van der Waals surface area (Å²) in [4.78, 5) is 0. The largest absolute Gasteiger partial charge is 0.536 e. The Morgan fingerprint density at radius 2 is 1.84 bits per heavy atom. The lowest BCUT2D eigenvalue weighted by molar-refractivity contribution is 0.141. The zero-order valence-electron chi connectivity index (χ0n) is 11.7. The summed E-state index contributed by atoms with van der Waals surface area (Å²) >= 11 is 0. The van der Waals surface area contributed by atoms with Gasteiger partial charge in [-0.2, -0.15) is 0 Å². The average molecular weight is 276 g/mol. The lowest BCUT2D eigenvalue weighted by Gasteiger charge is -2.31. The van der Waals surface area contributed by atoms with Crippen molar-refractivity contribution in [3.05, 3.63) is 41.0 Å². The van der Waals surface area contributed by atoms with Gasteiger partial charge in [-0.05, 0) is 41.9 Å². The number of allylic oxidation sites excluding steroid dienone is 1. The van der Waals surface area contributed by atoms with Crippen LogP contribution in [0.1, 0.15) is 35.4 Å². The molecule has 0 N–H and O–H groups in total. The van der Waals surface area contributed by atoms with Crippen molar-refractivity contribution in [2.24, 2.45) is 0 Å². The lowest BCUT2D eigenvalue weighted by atomic mass is 9.88. The molecule has 19 heavy (non-hydrogen) atoms. The molecule has 2 aliphatic rings. The predicted octanol–water partition coefficient (Wildman–Crippen LogP) is 2.92. The molecule has 4 heteroatoms. The van der Waals surface area contributed by atoms with E-state index in [1.807, 2.05) is 0 Å². The van der Waals surface area contributed by atoms with Crippen molar-refractivity contribution in [1.29, 1.82) is 0 Å². The van der Waals surface area contributed by atoms with Gasteiger partial charge in [0.25, 0.3) is 0 Å². The molecule has 0 amide bonds. The SMILES string of the molecule is CO[Si](OC)(OC)C1=CCC2CCc3cccc1c32. The molecule has 3 nitrogen and oxygen atoms in total. The van der Waals surface area contributed by atoms with Crippen LogP contribution in [0.3, 0.4) is 0 Å². The van der Waals surface area contributed by atoms with Gasteiger partial charge >= 0.3 is 8.80 Å². The van der Waals surface area contributed by atoms with E-state index in [1.54, 1.807) is 21.3 Å². The van der Waals surface area contributed by atoms with Gasteiger partial charge < -0.3 is 13.3 Å². The highest BCUT2D eigenvalue weighted by atomic mass is 28.4. The molecule has 1 aromatic rings. The Bertz CT molecular complexity index is 512. The Morgan fingerprint density at radius 3 is 2.53 bits per heavy atom. The molecule has 0 aliphatic heterocycles. The second-order valence-corrected chi connectivity index (χ2v) is 8.01. The second kappa shape index (κ2) is 4.87. The van der Waals surface area contributed by atoms with Gasteiger partial charge in [0, 0.05) is 26.5 Å². The van der Waals surface area contributed by atoms with Crippen LogP contribution in [-0.2, 0) is 19.7 Å². The first-order valence-electron chi connectivity index (χ1n) is 6.74. The summed E-state index contributed by atoms with van der Waals surface area (Å²) in [6, 6.07) is 6.56. The molecule has 1 aromatic carbocycles. The zero-order valence-corrected chi connectivity index (χ0v) is 12.7. The Hall–Kier alpha value is -0.943. The van der Waals surface area contributed by atoms with Gasteiger partial charge in [-0.3, -0.25) is 0 Å². The van der Waals surface area contributed by atoms with Gasteiger partial charge in [-0.25, -0.2) is 0 Å². The van der Waals surface area contributed by atoms with Crippen LogP contribution in [0.25, 0.3) is 5.20 Å². The highest BCUT2D eigenvalue weighted by Crippen LogP contribution is 2.46. The number of rotatable bonds is 4. The van der Waals surface area contributed by atoms with Gasteiger partial charge in [0.05, 0.1) is 0 Å². The topological polar surface area (TPSA) is 27.7 Å². The summed E-state index contributed by atoms with van der Waals surface area (Å²) in [7, 11) is 2.30. The average Bonchev–Trinajstić information content (AvgIpc) is 2.89. The van der Waals surface area contributed by atoms with E-state index in [0.717, 1.165) is 11.6 Å². The summed E-state index contributed by atoms with van der Waals surface area (Å²) in [5.41, 5.74) is 4.27. The fraction of sp³-hybridized carbons (Fsp3) is 0.467. The van der Waals surface area contributed by atoms with Crippen molar-refractivity contribution in [2.75, 3.05) is 21.3 Å². The van der Waals surface area contributed by atoms with Crippen molar-refractivity contribution < 1.29 is 13.3 Å². The Kier molecular flexibility index (Phi) is 3.35. The van der Waals surface area contributed by atoms with Crippen LogP contribution in [0, 0.1) is 0 Å². The molecule has 0 saturated heterocycles. The lowest BCUT2D eigenvalue weighted by Crippen LogP contribution is -2.45. The molecule has 0 saturated carbocycles. The van der Waals surface area contributed by atoms with Crippen molar-refractivity contribution in [3.8, 4) is 0 Å². The summed E-state index contributed by atoms with van der Waals surface area (Å²) in [6.07, 6.45) is 5.79. The number of benzene rings is 1. The molecule has 0 spiro atoms. The fourth-order valence-electron chi connectivity index (χ4n) is 3.50. The number of aryl methyl sites for hydroxylation is 1. The summed E-state index contributed by atoms with van der Waals surface area (Å²) in [5.74, 6) is 0.673. The molecule has 2 aliphatic carbocycles. The van der Waals surface area contributed by atoms with E-state index >= 15 is 0 Å². The van der Waals surface area contributed by atoms with Gasteiger partial charge in [-0.1, -0.05) is 24.3 Å². The maximum atomic E-state index is 5.65. The van der Waals surface area contributed by atoms with Crippen LogP contribution < -0.4 is 0 Å². The van der Waals surface area contributed by atoms with Crippen molar-refractivity contribution in [1.82, 2.24) is 0 Å². The number of hydrogen-bond acceptors (Lipinski definition) is 3. The van der Waals surface area contributed by atoms with E-state index in [-0.39, 0.29) is 0 Å². The van der Waals surface area contributed by atoms with Crippen molar-refractivity contribution in [2.45, 2.75) is 25.2 Å². The van der Waals surface area contributed by atoms with E-state index < -0.39 is 8.80 Å². The van der Waals surface area contributed by atoms with Crippen LogP contribution in [0.5, 0.6) is 0 Å². The minimum Gasteiger partial charge on any atom is -0.373 e. The molecule has 1 unspecified atom stereocenters. The molecule has 0 heterocycles. The summed E-state index contributed by atoms with van der Waals surface area (Å²) < 4.78 is 17.0. The van der Waals surface area contributed by atoms with E-state index in [2.05, 4.69) is 24.3 Å². The third-order valence-corrected chi connectivity index (χ3v) is 7.15. The highest BCUT2D eigenvalue weighted by Gasteiger charge is 2.46. The molecule has 0 fully saturated rings. The molecular formula is C15H20O3Si. The zero-order chi connectivity index (χ0) is 13.5. The monoisotopic (exact) mass is 276 g/mol. The summed E-state index contributed by atoms with van der Waals surface area (Å²) in [6.45, 7) is 0. The van der Waals surface area contributed by atoms with Gasteiger partial charge in [0.2, 0.25) is 0 Å². The van der Waals surface area contributed by atoms with Gasteiger partial charge in [0.1, 0.15) is 0 Å². The Balaban J connectivity index is 2.13. The van der Waals surface area contributed by atoms with Crippen LogP contribution in [-0.4, -0.2) is 30.1 Å². The normalized spacial score (nSPS) is 21.2. The first-order valence-corrected chi connectivity index (χ1v) is 8.46. The Labute approximate surface area is 115 Å². The minimum absolute atomic E-state index is 0.673. The second-order valence-electron chi connectivity index (χ2n) is 5.14. The molecule has 102 valence electrons.